The van der Waals surface area contributed by atoms with Crippen LogP contribution < -0.4 is 10.4 Å². The summed E-state index contributed by atoms with van der Waals surface area (Å²) in [6.07, 6.45) is 4.15. The molecule has 5 rings (SSSR count). The minimum Gasteiger partial charge on any atom is -0.497 e. The van der Waals surface area contributed by atoms with Gasteiger partial charge in [-0.15, -0.1) is 0 Å². The smallest absolute Gasteiger partial charge is 0.328 e. The summed E-state index contributed by atoms with van der Waals surface area (Å²) in [4.78, 5) is 30.5. The third-order valence-corrected chi connectivity index (χ3v) is 7.64. The summed E-state index contributed by atoms with van der Waals surface area (Å²) in [5, 5.41) is 0. The number of imidazole rings is 2. The molecule has 7 nitrogen and oxygen atoms in total. The number of methoxy groups -OCH3 is 1. The summed E-state index contributed by atoms with van der Waals surface area (Å²) in [7, 11) is 5.46. The Morgan fingerprint density at radius 1 is 1.00 bits per heavy atom. The zero-order chi connectivity index (χ0) is 24.0. The lowest BCUT2D eigenvalue weighted by Crippen LogP contribution is -2.29. The quantitative estimate of drug-likeness (QED) is 0.433. The highest BCUT2D eigenvalue weighted by molar-refractivity contribution is 5.85. The average molecular weight is 461 g/mol. The van der Waals surface area contributed by atoms with E-state index in [0.29, 0.717) is 24.7 Å². The number of rotatable bonds is 6. The molecular weight excluding hydrogens is 428 g/mol. The van der Waals surface area contributed by atoms with Gasteiger partial charge in [-0.25, -0.2) is 9.78 Å². The van der Waals surface area contributed by atoms with Gasteiger partial charge in [0.05, 0.1) is 29.2 Å². The standard InChI is InChI=1S/C27H32N4O3/c1-17-28-22-13-19(7-11-23(22)29(17)2)14-26(32)20-8-5-18(6-9-20)16-31-25-15-21(34-4)10-12-24(25)30(3)27(31)33/h7,10-13,15,18,20H,5-6,8-9,14,16H2,1-4H3. The molecule has 0 amide bonds. The first-order chi connectivity index (χ1) is 16.4. The number of Topliss-reactive ketones (excluding diaryl/α,β-unsaturated/α-hetero) is 1. The van der Waals surface area contributed by atoms with Crippen LogP contribution in [-0.4, -0.2) is 31.6 Å². The number of benzene rings is 2. The van der Waals surface area contributed by atoms with Crippen LogP contribution in [0.4, 0.5) is 0 Å². The number of ether oxygens (including phenoxy) is 1. The Labute approximate surface area is 199 Å². The van der Waals surface area contributed by atoms with E-state index in [0.717, 1.165) is 64.9 Å². The van der Waals surface area contributed by atoms with Crippen molar-refractivity contribution in [1.82, 2.24) is 18.7 Å². The predicted molar refractivity (Wildman–Crippen MR) is 133 cm³/mol. The summed E-state index contributed by atoms with van der Waals surface area (Å²) in [6, 6.07) is 11.9. The molecule has 0 unspecified atom stereocenters. The van der Waals surface area contributed by atoms with Crippen LogP contribution in [0.2, 0.25) is 0 Å². The summed E-state index contributed by atoms with van der Waals surface area (Å²) >= 11 is 0. The number of fused-ring (bicyclic) bond motifs is 2. The van der Waals surface area contributed by atoms with Crippen molar-refractivity contribution >= 4 is 27.9 Å². The zero-order valence-electron chi connectivity index (χ0n) is 20.4. The first kappa shape index (κ1) is 22.4. The van der Waals surface area contributed by atoms with E-state index in [1.165, 1.54) is 0 Å². The van der Waals surface area contributed by atoms with Gasteiger partial charge in [-0.1, -0.05) is 6.07 Å². The van der Waals surface area contributed by atoms with Crippen LogP contribution in [0.5, 0.6) is 5.75 Å². The van der Waals surface area contributed by atoms with Gasteiger partial charge < -0.3 is 9.30 Å². The van der Waals surface area contributed by atoms with Gasteiger partial charge in [0.1, 0.15) is 17.4 Å². The predicted octanol–water partition coefficient (Wildman–Crippen LogP) is 4.16. The van der Waals surface area contributed by atoms with Gasteiger partial charge in [-0.05, 0) is 68.4 Å². The molecule has 0 N–H and O–H groups in total. The van der Waals surface area contributed by atoms with Crippen molar-refractivity contribution in [2.24, 2.45) is 25.9 Å². The molecule has 1 fully saturated rings. The normalized spacial score (nSPS) is 18.6. The molecule has 2 aromatic heterocycles. The van der Waals surface area contributed by atoms with E-state index in [1.54, 1.807) is 11.7 Å². The molecule has 178 valence electrons. The SMILES string of the molecule is COc1ccc2c(c1)n(CC1CCC(C(=O)Cc3ccc4c(c3)nc(C)n4C)CC1)c(=O)n2C. The van der Waals surface area contributed by atoms with Gasteiger partial charge >= 0.3 is 5.69 Å². The Bertz CT molecular complexity index is 1430. The highest BCUT2D eigenvalue weighted by atomic mass is 16.5. The number of ketones is 1. The van der Waals surface area contributed by atoms with Crippen LogP contribution in [0, 0.1) is 18.8 Å². The molecule has 1 saturated carbocycles. The van der Waals surface area contributed by atoms with Crippen LogP contribution in [0.3, 0.4) is 0 Å². The number of hydrogen-bond donors (Lipinski definition) is 0. The Hall–Kier alpha value is -3.35. The highest BCUT2D eigenvalue weighted by Gasteiger charge is 2.27. The van der Waals surface area contributed by atoms with Gasteiger partial charge in [0.25, 0.3) is 0 Å². The van der Waals surface area contributed by atoms with Crippen LogP contribution in [-0.2, 0) is 31.9 Å². The molecule has 0 saturated heterocycles. The number of hydrogen-bond acceptors (Lipinski definition) is 4. The maximum atomic E-state index is 13.0. The first-order valence-corrected chi connectivity index (χ1v) is 12.0. The second kappa shape index (κ2) is 8.78. The molecule has 0 aliphatic heterocycles. The Balaban J connectivity index is 1.24. The number of nitrogens with zero attached hydrogens (tertiary/aromatic N) is 4. The molecule has 34 heavy (non-hydrogen) atoms. The molecule has 1 aliphatic carbocycles. The Morgan fingerprint density at radius 2 is 1.74 bits per heavy atom. The van der Waals surface area contributed by atoms with Crippen LogP contribution in [0.15, 0.2) is 41.2 Å². The largest absolute Gasteiger partial charge is 0.497 e. The van der Waals surface area contributed by atoms with Gasteiger partial charge in [0.2, 0.25) is 0 Å². The summed E-state index contributed by atoms with van der Waals surface area (Å²) in [6.45, 7) is 2.67. The molecule has 2 aromatic carbocycles. The monoisotopic (exact) mass is 460 g/mol. The molecule has 7 heteroatoms. The van der Waals surface area contributed by atoms with Crippen molar-refractivity contribution in [3.63, 3.8) is 0 Å². The third kappa shape index (κ3) is 3.93. The summed E-state index contributed by atoms with van der Waals surface area (Å²) in [5.41, 5.74) is 4.90. The van der Waals surface area contributed by atoms with Crippen molar-refractivity contribution in [3.8, 4) is 5.75 Å². The van der Waals surface area contributed by atoms with Crippen LogP contribution >= 0.6 is 0 Å². The van der Waals surface area contributed by atoms with Crippen LogP contribution in [0.25, 0.3) is 22.1 Å². The Morgan fingerprint density at radius 3 is 2.47 bits per heavy atom. The van der Waals surface area contributed by atoms with Crippen molar-refractivity contribution in [2.75, 3.05) is 7.11 Å². The van der Waals surface area contributed by atoms with Gasteiger partial charge in [-0.3, -0.25) is 13.9 Å². The molecular formula is C27H32N4O3. The molecule has 0 radical (unpaired) electrons. The van der Waals surface area contributed by atoms with E-state index in [-0.39, 0.29) is 11.6 Å². The Kier molecular flexibility index (Phi) is 5.80. The lowest BCUT2D eigenvalue weighted by molar-refractivity contribution is -0.123. The lowest BCUT2D eigenvalue weighted by Gasteiger charge is -2.28. The summed E-state index contributed by atoms with van der Waals surface area (Å²) in [5.74, 6) is 2.53. The van der Waals surface area contributed by atoms with Crippen molar-refractivity contribution in [2.45, 2.75) is 45.6 Å². The molecule has 0 spiro atoms. The maximum Gasteiger partial charge on any atom is 0.328 e. The van der Waals surface area contributed by atoms with E-state index in [2.05, 4.69) is 15.6 Å². The van der Waals surface area contributed by atoms with E-state index in [9.17, 15) is 9.59 Å². The van der Waals surface area contributed by atoms with Crippen molar-refractivity contribution in [1.29, 1.82) is 0 Å². The average Bonchev–Trinajstić information content (AvgIpc) is 3.26. The third-order valence-electron chi connectivity index (χ3n) is 7.64. The van der Waals surface area contributed by atoms with Gasteiger partial charge in [0, 0.05) is 39.0 Å². The lowest BCUT2D eigenvalue weighted by atomic mass is 9.79. The van der Waals surface area contributed by atoms with E-state index in [4.69, 9.17) is 4.74 Å². The molecule has 4 aromatic rings. The van der Waals surface area contributed by atoms with E-state index in [1.807, 2.05) is 55.9 Å². The number of aromatic nitrogens is 4. The number of aryl methyl sites for hydroxylation is 3. The van der Waals surface area contributed by atoms with Gasteiger partial charge in [-0.2, -0.15) is 0 Å². The fourth-order valence-corrected chi connectivity index (χ4v) is 5.44. The minimum atomic E-state index is 0.00148. The maximum absolute atomic E-state index is 13.0. The first-order valence-electron chi connectivity index (χ1n) is 12.0. The highest BCUT2D eigenvalue weighted by Crippen LogP contribution is 2.32. The molecule has 0 atom stereocenters. The fraction of sp³-hybridized carbons (Fsp3) is 0.444. The number of carbonyl (C=O) groups excluding carboxylic acids is 1. The van der Waals surface area contributed by atoms with Gasteiger partial charge in [0.15, 0.2) is 0 Å². The molecule has 0 bridgehead atoms. The van der Waals surface area contributed by atoms with Crippen LogP contribution in [0.1, 0.15) is 37.1 Å². The fourth-order valence-electron chi connectivity index (χ4n) is 5.44. The summed E-state index contributed by atoms with van der Waals surface area (Å²) < 4.78 is 11.0. The second-order valence-corrected chi connectivity index (χ2v) is 9.71. The topological polar surface area (TPSA) is 71.1 Å². The molecule has 1 aliphatic rings. The zero-order valence-corrected chi connectivity index (χ0v) is 20.4. The van der Waals surface area contributed by atoms with E-state index < -0.39 is 0 Å². The number of carbonyl (C=O) groups is 1. The van der Waals surface area contributed by atoms with E-state index >= 15 is 0 Å². The minimum absolute atomic E-state index is 0.00148. The van der Waals surface area contributed by atoms with Crippen molar-refractivity contribution in [3.05, 3.63) is 58.3 Å². The second-order valence-electron chi connectivity index (χ2n) is 9.71. The van der Waals surface area contributed by atoms with Crippen molar-refractivity contribution < 1.29 is 9.53 Å². The molecule has 2 heterocycles.